The van der Waals surface area contributed by atoms with Crippen LogP contribution in [0.2, 0.25) is 0 Å². The minimum absolute atomic E-state index is 0.564. The number of carbonyl (C=O) groups is 1. The van der Waals surface area contributed by atoms with E-state index in [4.69, 9.17) is 14.2 Å². The number of aliphatic imine (C=N–C) groups is 1. The van der Waals surface area contributed by atoms with Gasteiger partial charge in [0, 0.05) is 6.92 Å². The largest absolute Gasteiger partial charge is 0.482 e. The summed E-state index contributed by atoms with van der Waals surface area (Å²) in [6, 6.07) is -1.29. The number of hydrogen-bond donors (Lipinski definition) is 8. The van der Waals surface area contributed by atoms with E-state index in [2.05, 4.69) is 15.0 Å². The number of aliphatic hydroxyl groups is 7. The number of carbonyl (C=O) groups excluding carboxylic acids is 1. The highest BCUT2D eigenvalue weighted by atomic mass is 16.7. The van der Waals surface area contributed by atoms with Gasteiger partial charge in [-0.15, -0.1) is 0 Å². The van der Waals surface area contributed by atoms with E-state index in [1.165, 1.54) is 6.40 Å². The van der Waals surface area contributed by atoms with Crippen LogP contribution in [0.3, 0.4) is 0 Å². The highest BCUT2D eigenvalue weighted by Gasteiger charge is 2.50. The lowest BCUT2D eigenvalue weighted by Gasteiger charge is -2.46. The third kappa shape index (κ3) is 6.52. The maximum Gasteiger partial charge on any atom is 0.217 e. The Morgan fingerprint density at radius 1 is 1.03 bits per heavy atom. The van der Waals surface area contributed by atoms with E-state index < -0.39 is 80.5 Å². The van der Waals surface area contributed by atoms with Gasteiger partial charge in [0.2, 0.25) is 5.91 Å². The van der Waals surface area contributed by atoms with E-state index in [1.807, 2.05) is 0 Å². The van der Waals surface area contributed by atoms with Crippen molar-refractivity contribution in [3.8, 4) is 0 Å². The zero-order valence-electron chi connectivity index (χ0n) is 16.8. The van der Waals surface area contributed by atoms with Crippen LogP contribution in [-0.4, -0.2) is 136 Å². The topological polar surface area (TPSA) is 220 Å². The van der Waals surface area contributed by atoms with Crippen molar-refractivity contribution in [2.45, 2.75) is 68.3 Å². The fraction of sp³-hybridized carbons (Fsp3) is 0.882. The summed E-state index contributed by atoms with van der Waals surface area (Å²) in [7, 11) is 0. The van der Waals surface area contributed by atoms with Gasteiger partial charge in [0.15, 0.2) is 19.0 Å². The van der Waals surface area contributed by atoms with Crippen LogP contribution in [0.1, 0.15) is 6.92 Å². The van der Waals surface area contributed by atoms with Crippen molar-refractivity contribution in [3.05, 3.63) is 0 Å². The molecule has 180 valence electrons. The number of aliphatic hydroxyl groups excluding tert-OH is 7. The van der Waals surface area contributed by atoms with Crippen molar-refractivity contribution in [2.24, 2.45) is 4.99 Å². The number of amides is 1. The molecule has 0 aromatic carbocycles. The van der Waals surface area contributed by atoms with Gasteiger partial charge in [0.25, 0.3) is 0 Å². The first-order valence-electron chi connectivity index (χ1n) is 9.66. The van der Waals surface area contributed by atoms with Crippen LogP contribution in [-0.2, 0) is 23.7 Å². The van der Waals surface area contributed by atoms with Crippen LogP contribution < -0.4 is 5.32 Å². The molecule has 0 aromatic heterocycles. The molecule has 3 rings (SSSR count). The van der Waals surface area contributed by atoms with Gasteiger partial charge in [-0.1, -0.05) is 0 Å². The van der Waals surface area contributed by atoms with Crippen molar-refractivity contribution in [3.63, 3.8) is 0 Å². The molecule has 0 aliphatic carbocycles. The van der Waals surface area contributed by atoms with Crippen molar-refractivity contribution in [1.29, 1.82) is 0 Å². The van der Waals surface area contributed by atoms with E-state index in [9.17, 15) is 40.5 Å². The SMILES string of the molecule is C1=NCCO1.CC(=O)N[C@H]1C(O)O[C@H](CO)[C@@H](O[C@@H]2O[C@H](CO)[C@H](O)[C@H](O)[C@H]2O)[C@@H]1O. The van der Waals surface area contributed by atoms with Crippen LogP contribution in [0.4, 0.5) is 0 Å². The first-order chi connectivity index (χ1) is 14.7. The summed E-state index contributed by atoms with van der Waals surface area (Å²) in [5, 5.41) is 70.7. The molecule has 31 heavy (non-hydrogen) atoms. The lowest BCUT2D eigenvalue weighted by atomic mass is 9.95. The molecular weight excluding hydrogens is 424 g/mol. The molecule has 3 aliphatic heterocycles. The van der Waals surface area contributed by atoms with Gasteiger partial charge in [-0.05, 0) is 0 Å². The normalized spacial score (nSPS) is 42.3. The van der Waals surface area contributed by atoms with Gasteiger partial charge in [-0.3, -0.25) is 9.79 Å². The number of rotatable bonds is 5. The summed E-state index contributed by atoms with van der Waals surface area (Å²) in [6.45, 7) is 1.43. The first-order valence-corrected chi connectivity index (χ1v) is 9.66. The predicted octanol–water partition coefficient (Wildman–Crippen LogP) is -5.21. The molecule has 0 radical (unpaired) electrons. The Morgan fingerprint density at radius 3 is 2.19 bits per heavy atom. The van der Waals surface area contributed by atoms with Gasteiger partial charge in [0.1, 0.15) is 55.4 Å². The van der Waals surface area contributed by atoms with Gasteiger partial charge in [-0.25, -0.2) is 0 Å². The molecule has 8 N–H and O–H groups in total. The quantitative estimate of drug-likeness (QED) is 0.195. The number of nitrogens with one attached hydrogen (secondary N) is 1. The minimum Gasteiger partial charge on any atom is -0.482 e. The summed E-state index contributed by atoms with van der Waals surface area (Å²) in [6.07, 6.45) is -12.2. The molecule has 1 unspecified atom stereocenters. The second-order valence-electron chi connectivity index (χ2n) is 7.14. The smallest absolute Gasteiger partial charge is 0.217 e. The molecule has 3 aliphatic rings. The molecule has 0 spiro atoms. The molecule has 0 aromatic rings. The lowest BCUT2D eigenvalue weighted by Crippen LogP contribution is -2.67. The average Bonchev–Trinajstić information content (AvgIpc) is 3.33. The number of nitrogens with zero attached hydrogens (tertiary/aromatic N) is 1. The average molecular weight is 454 g/mol. The Labute approximate surface area is 177 Å². The molecular formula is C17H30N2O12. The van der Waals surface area contributed by atoms with E-state index in [0.29, 0.717) is 0 Å². The maximum atomic E-state index is 11.2. The van der Waals surface area contributed by atoms with Crippen LogP contribution in [0.15, 0.2) is 4.99 Å². The number of hydrogen-bond acceptors (Lipinski definition) is 13. The van der Waals surface area contributed by atoms with E-state index in [1.54, 1.807) is 0 Å². The molecule has 0 bridgehead atoms. The van der Waals surface area contributed by atoms with Crippen molar-refractivity contribution in [2.75, 3.05) is 26.4 Å². The van der Waals surface area contributed by atoms with Gasteiger partial charge >= 0.3 is 0 Å². The van der Waals surface area contributed by atoms with Crippen LogP contribution >= 0.6 is 0 Å². The standard InChI is InChI=1S/C14H25NO11.C3H5NO/c1-4(18)15-7-9(20)12(6(3-17)24-13(7)23)26-14-11(22)10(21)8(19)5(2-16)25-14;1-2-5-3-4-1/h5-14,16-17,19-23H,2-3H2,1H3,(H,15,18);3H,1-2H2/t5-,6-,7-,8+,9-,10+,11-,12-,13?,14+;/m1./s1. The molecule has 14 heteroatoms. The maximum absolute atomic E-state index is 11.2. The van der Waals surface area contributed by atoms with Crippen LogP contribution in [0.25, 0.3) is 0 Å². The van der Waals surface area contributed by atoms with E-state index >= 15 is 0 Å². The summed E-state index contributed by atoms with van der Waals surface area (Å²) < 4.78 is 20.4. The Balaban J connectivity index is 0.000000597. The van der Waals surface area contributed by atoms with Gasteiger partial charge in [-0.2, -0.15) is 0 Å². The summed E-state index contributed by atoms with van der Waals surface area (Å²) in [5.41, 5.74) is 0. The van der Waals surface area contributed by atoms with E-state index in [0.717, 1.165) is 20.1 Å². The molecule has 2 saturated heterocycles. The second kappa shape index (κ2) is 12.0. The molecule has 1 amide bonds. The van der Waals surface area contributed by atoms with Gasteiger partial charge in [0.05, 0.1) is 19.8 Å². The van der Waals surface area contributed by atoms with Crippen LogP contribution in [0.5, 0.6) is 0 Å². The fourth-order valence-corrected chi connectivity index (χ4v) is 3.24. The summed E-state index contributed by atoms with van der Waals surface area (Å²) in [4.78, 5) is 15.0. The molecule has 2 fully saturated rings. The molecule has 10 atom stereocenters. The predicted molar refractivity (Wildman–Crippen MR) is 99.5 cm³/mol. The first kappa shape index (κ1) is 25.8. The Hall–Kier alpha value is -1.46. The van der Waals surface area contributed by atoms with E-state index in [-0.39, 0.29) is 0 Å². The Morgan fingerprint density at radius 2 is 1.71 bits per heavy atom. The third-order valence-electron chi connectivity index (χ3n) is 4.87. The van der Waals surface area contributed by atoms with Gasteiger partial charge < -0.3 is 60.0 Å². The minimum atomic E-state index is -1.73. The third-order valence-corrected chi connectivity index (χ3v) is 4.87. The zero-order chi connectivity index (χ0) is 23.1. The zero-order valence-corrected chi connectivity index (χ0v) is 16.8. The lowest BCUT2D eigenvalue weighted by molar-refractivity contribution is -0.345. The van der Waals surface area contributed by atoms with Crippen molar-refractivity contribution >= 4 is 12.3 Å². The monoisotopic (exact) mass is 454 g/mol. The molecule has 3 heterocycles. The van der Waals surface area contributed by atoms with Crippen LogP contribution in [0, 0.1) is 0 Å². The highest BCUT2D eigenvalue weighted by Crippen LogP contribution is 2.28. The number of ether oxygens (including phenoxy) is 4. The second-order valence-corrected chi connectivity index (χ2v) is 7.14. The Bertz CT molecular complexity index is 587. The summed E-state index contributed by atoms with van der Waals surface area (Å²) in [5.74, 6) is -0.564. The fourth-order valence-electron chi connectivity index (χ4n) is 3.24. The summed E-state index contributed by atoms with van der Waals surface area (Å²) >= 11 is 0. The Kier molecular flexibility index (Phi) is 9.95. The molecule has 0 saturated carbocycles. The molecule has 14 nitrogen and oxygen atoms in total. The highest BCUT2D eigenvalue weighted by molar-refractivity contribution is 5.73. The van der Waals surface area contributed by atoms with Crippen molar-refractivity contribution < 1.29 is 59.5 Å². The van der Waals surface area contributed by atoms with Crippen molar-refractivity contribution in [1.82, 2.24) is 5.32 Å².